The summed E-state index contributed by atoms with van der Waals surface area (Å²) in [5.74, 6) is 3.85. The quantitative estimate of drug-likeness (QED) is 0.676. The van der Waals surface area contributed by atoms with E-state index in [2.05, 4.69) is 32.9 Å². The monoisotopic (exact) mass is 341 g/mol. The van der Waals surface area contributed by atoms with Gasteiger partial charge in [-0.25, -0.2) is 0 Å². The minimum Gasteiger partial charge on any atom is -0.389 e. The third-order valence-electron chi connectivity index (χ3n) is 9.26. The van der Waals surface area contributed by atoms with Crippen LogP contribution in [0.25, 0.3) is 0 Å². The fourth-order valence-corrected chi connectivity index (χ4v) is 7.97. The number of rotatable bonds is 2. The SMILES string of the molecule is C[C@H](CC#N)C1CCC2C3CCC4=CC(O)CC[C@]4(C)C3CC[C@@]21C. The first kappa shape index (κ1) is 17.6. The van der Waals surface area contributed by atoms with Crippen LogP contribution in [0.5, 0.6) is 0 Å². The molecule has 0 saturated heterocycles. The van der Waals surface area contributed by atoms with Crippen LogP contribution in [-0.2, 0) is 0 Å². The summed E-state index contributed by atoms with van der Waals surface area (Å²) in [4.78, 5) is 0. The fourth-order valence-electron chi connectivity index (χ4n) is 7.97. The Hall–Kier alpha value is -0.810. The first-order valence-corrected chi connectivity index (χ1v) is 10.7. The van der Waals surface area contributed by atoms with Crippen molar-refractivity contribution in [3.63, 3.8) is 0 Å². The van der Waals surface area contributed by atoms with Gasteiger partial charge in [0.25, 0.3) is 0 Å². The molecule has 0 heterocycles. The lowest BCUT2D eigenvalue weighted by Gasteiger charge is -2.59. The molecular formula is C23H35NO. The van der Waals surface area contributed by atoms with E-state index in [1.165, 1.54) is 44.9 Å². The van der Waals surface area contributed by atoms with Gasteiger partial charge in [-0.05, 0) is 91.8 Å². The highest BCUT2D eigenvalue weighted by Gasteiger charge is 2.59. The van der Waals surface area contributed by atoms with Gasteiger partial charge in [0.15, 0.2) is 0 Å². The molecule has 138 valence electrons. The summed E-state index contributed by atoms with van der Waals surface area (Å²) in [6.45, 7) is 7.39. The Morgan fingerprint density at radius 2 is 1.96 bits per heavy atom. The van der Waals surface area contributed by atoms with Crippen LogP contribution in [0, 0.1) is 51.8 Å². The van der Waals surface area contributed by atoms with Gasteiger partial charge in [-0.1, -0.05) is 32.4 Å². The van der Waals surface area contributed by atoms with E-state index in [1.807, 2.05) is 0 Å². The Balaban J connectivity index is 1.60. The zero-order chi connectivity index (χ0) is 17.8. The molecular weight excluding hydrogens is 306 g/mol. The number of hydrogen-bond acceptors (Lipinski definition) is 2. The Kier molecular flexibility index (Phi) is 4.31. The fraction of sp³-hybridized carbons (Fsp3) is 0.870. The van der Waals surface area contributed by atoms with Gasteiger partial charge in [-0.3, -0.25) is 0 Å². The maximum Gasteiger partial charge on any atom is 0.0724 e. The summed E-state index contributed by atoms with van der Waals surface area (Å²) in [6.07, 6.45) is 12.8. The molecule has 0 aromatic carbocycles. The van der Waals surface area contributed by atoms with E-state index in [4.69, 9.17) is 0 Å². The number of fused-ring (bicyclic) bond motifs is 5. The largest absolute Gasteiger partial charge is 0.389 e. The van der Waals surface area contributed by atoms with E-state index >= 15 is 0 Å². The molecule has 8 atom stereocenters. The van der Waals surface area contributed by atoms with Crippen LogP contribution in [-0.4, -0.2) is 11.2 Å². The molecule has 3 saturated carbocycles. The van der Waals surface area contributed by atoms with Crippen molar-refractivity contribution in [2.24, 2.45) is 40.4 Å². The average Bonchev–Trinajstić information content (AvgIpc) is 2.93. The van der Waals surface area contributed by atoms with E-state index in [0.717, 1.165) is 36.5 Å². The highest BCUT2D eigenvalue weighted by atomic mass is 16.3. The summed E-state index contributed by atoms with van der Waals surface area (Å²) in [6, 6.07) is 2.43. The third kappa shape index (κ3) is 2.53. The molecule has 0 spiro atoms. The normalized spacial score (nSPS) is 50.0. The Bertz CT molecular complexity index is 604. The Morgan fingerprint density at radius 1 is 1.16 bits per heavy atom. The van der Waals surface area contributed by atoms with Crippen molar-refractivity contribution in [1.82, 2.24) is 0 Å². The van der Waals surface area contributed by atoms with Gasteiger partial charge < -0.3 is 5.11 Å². The number of nitrogens with zero attached hydrogens (tertiary/aromatic N) is 1. The molecule has 4 aliphatic rings. The summed E-state index contributed by atoms with van der Waals surface area (Å²) in [5.41, 5.74) is 2.38. The predicted octanol–water partition coefficient (Wildman–Crippen LogP) is 5.48. The van der Waals surface area contributed by atoms with E-state index in [-0.39, 0.29) is 6.10 Å². The van der Waals surface area contributed by atoms with Crippen molar-refractivity contribution >= 4 is 0 Å². The van der Waals surface area contributed by atoms with Crippen LogP contribution < -0.4 is 0 Å². The third-order valence-corrected chi connectivity index (χ3v) is 9.26. The standard InChI is InChI=1S/C23H35NO/c1-15(10-13-24)19-6-7-20-18-5-4-16-14-17(25)8-11-22(16,2)21(18)9-12-23(19,20)3/h14-15,17-21,25H,4-12H2,1-3H3/t15-,17?,18?,19?,20?,21?,22+,23-/m1/s1. The number of aliphatic hydroxyl groups is 1. The second kappa shape index (κ2) is 6.12. The van der Waals surface area contributed by atoms with Crippen LogP contribution in [0.4, 0.5) is 0 Å². The molecule has 0 aromatic heterocycles. The second-order valence-corrected chi connectivity index (χ2v) is 10.2. The van der Waals surface area contributed by atoms with E-state index in [0.29, 0.717) is 16.7 Å². The van der Waals surface area contributed by atoms with Gasteiger partial charge in [-0.15, -0.1) is 0 Å². The molecule has 4 aliphatic carbocycles. The van der Waals surface area contributed by atoms with Crippen molar-refractivity contribution in [1.29, 1.82) is 5.26 Å². The molecule has 25 heavy (non-hydrogen) atoms. The highest BCUT2D eigenvalue weighted by molar-refractivity contribution is 5.25. The molecule has 0 aliphatic heterocycles. The first-order valence-electron chi connectivity index (χ1n) is 10.7. The Morgan fingerprint density at radius 3 is 2.72 bits per heavy atom. The second-order valence-electron chi connectivity index (χ2n) is 10.2. The minimum absolute atomic E-state index is 0.198. The lowest BCUT2D eigenvalue weighted by molar-refractivity contribution is -0.0618. The lowest BCUT2D eigenvalue weighted by atomic mass is 9.46. The lowest BCUT2D eigenvalue weighted by Crippen LogP contribution is -2.51. The van der Waals surface area contributed by atoms with E-state index < -0.39 is 0 Å². The molecule has 1 N–H and O–H groups in total. The first-order chi connectivity index (χ1) is 11.9. The van der Waals surface area contributed by atoms with Crippen LogP contribution in [0.15, 0.2) is 11.6 Å². The van der Waals surface area contributed by atoms with Crippen LogP contribution >= 0.6 is 0 Å². The maximum atomic E-state index is 10.1. The average molecular weight is 342 g/mol. The van der Waals surface area contributed by atoms with Gasteiger partial charge in [0, 0.05) is 6.42 Å². The maximum absolute atomic E-state index is 10.1. The predicted molar refractivity (Wildman–Crippen MR) is 101 cm³/mol. The van der Waals surface area contributed by atoms with Gasteiger partial charge in [0.1, 0.15) is 0 Å². The summed E-state index contributed by atoms with van der Waals surface area (Å²) in [5, 5.41) is 19.3. The van der Waals surface area contributed by atoms with Crippen LogP contribution in [0.1, 0.15) is 78.6 Å². The van der Waals surface area contributed by atoms with Crippen molar-refractivity contribution in [3.8, 4) is 6.07 Å². The van der Waals surface area contributed by atoms with Gasteiger partial charge in [0.2, 0.25) is 0 Å². The molecule has 0 radical (unpaired) electrons. The number of nitriles is 1. The molecule has 5 unspecified atom stereocenters. The van der Waals surface area contributed by atoms with E-state index in [1.54, 1.807) is 5.57 Å². The Labute approximate surface area is 153 Å². The van der Waals surface area contributed by atoms with Crippen LogP contribution in [0.3, 0.4) is 0 Å². The zero-order valence-corrected chi connectivity index (χ0v) is 16.3. The summed E-state index contributed by atoms with van der Waals surface area (Å²) < 4.78 is 0. The van der Waals surface area contributed by atoms with Gasteiger partial charge >= 0.3 is 0 Å². The highest BCUT2D eigenvalue weighted by Crippen LogP contribution is 2.67. The van der Waals surface area contributed by atoms with Gasteiger partial charge in [0.05, 0.1) is 12.2 Å². The zero-order valence-electron chi connectivity index (χ0n) is 16.3. The topological polar surface area (TPSA) is 44.0 Å². The number of aliphatic hydroxyl groups excluding tert-OH is 1. The summed E-state index contributed by atoms with van der Waals surface area (Å²) in [7, 11) is 0. The molecule has 2 heteroatoms. The number of allylic oxidation sites excluding steroid dienone is 1. The molecule has 0 aromatic rings. The number of hydrogen-bond donors (Lipinski definition) is 1. The summed E-state index contributed by atoms with van der Waals surface area (Å²) >= 11 is 0. The molecule has 0 bridgehead atoms. The molecule has 2 nitrogen and oxygen atoms in total. The van der Waals surface area contributed by atoms with Gasteiger partial charge in [-0.2, -0.15) is 5.26 Å². The van der Waals surface area contributed by atoms with Crippen molar-refractivity contribution in [3.05, 3.63) is 11.6 Å². The molecule has 4 rings (SSSR count). The minimum atomic E-state index is -0.198. The van der Waals surface area contributed by atoms with Crippen molar-refractivity contribution in [2.45, 2.75) is 84.7 Å². The van der Waals surface area contributed by atoms with Crippen molar-refractivity contribution < 1.29 is 5.11 Å². The van der Waals surface area contributed by atoms with Crippen molar-refractivity contribution in [2.75, 3.05) is 0 Å². The van der Waals surface area contributed by atoms with Crippen LogP contribution in [0.2, 0.25) is 0 Å². The molecule has 3 fully saturated rings. The van der Waals surface area contributed by atoms with E-state index in [9.17, 15) is 10.4 Å². The smallest absolute Gasteiger partial charge is 0.0724 e. The molecule has 0 amide bonds.